The highest BCUT2D eigenvalue weighted by Gasteiger charge is 2.25. The van der Waals surface area contributed by atoms with E-state index < -0.39 is 0 Å². The Balaban J connectivity index is 2.26. The van der Waals surface area contributed by atoms with Crippen LogP contribution in [0, 0.1) is 0 Å². The molecule has 0 aliphatic carbocycles. The van der Waals surface area contributed by atoms with Crippen molar-refractivity contribution in [1.82, 2.24) is 10.2 Å². The van der Waals surface area contributed by atoms with Gasteiger partial charge in [0.1, 0.15) is 6.04 Å². The van der Waals surface area contributed by atoms with E-state index in [2.05, 4.69) is 10.2 Å². The first-order valence-electron chi connectivity index (χ1n) is 5.60. The molecule has 5 nitrogen and oxygen atoms in total. The van der Waals surface area contributed by atoms with Crippen molar-refractivity contribution in [3.8, 4) is 0 Å². The second-order valence-corrected chi connectivity index (χ2v) is 3.94. The molecular formula is C10H21N3O2. The zero-order valence-electron chi connectivity index (χ0n) is 9.11. The molecule has 0 saturated carbocycles. The molecule has 88 valence electrons. The molecule has 1 amide bonds. The summed E-state index contributed by atoms with van der Waals surface area (Å²) in [6, 6.07) is -0.159. The van der Waals surface area contributed by atoms with Crippen LogP contribution in [0.5, 0.6) is 0 Å². The fourth-order valence-corrected chi connectivity index (χ4v) is 1.90. The van der Waals surface area contributed by atoms with Gasteiger partial charge in [-0.25, -0.2) is 0 Å². The first-order valence-corrected chi connectivity index (χ1v) is 5.60. The molecule has 5 heteroatoms. The number of amides is 1. The smallest absolute Gasteiger partial charge is 0.236 e. The van der Waals surface area contributed by atoms with E-state index in [0.717, 1.165) is 38.9 Å². The van der Waals surface area contributed by atoms with Crippen molar-refractivity contribution in [2.24, 2.45) is 5.73 Å². The van der Waals surface area contributed by atoms with Gasteiger partial charge in [0.2, 0.25) is 5.91 Å². The minimum absolute atomic E-state index is 0.159. The molecule has 1 saturated heterocycles. The number of hydrogen-bond acceptors (Lipinski definition) is 4. The Labute approximate surface area is 90.6 Å². The summed E-state index contributed by atoms with van der Waals surface area (Å²) in [6.07, 6.45) is 2.86. The van der Waals surface area contributed by atoms with Gasteiger partial charge in [-0.3, -0.25) is 9.69 Å². The normalized spacial score (nSPS) is 22.9. The monoisotopic (exact) mass is 215 g/mol. The third-order valence-corrected chi connectivity index (χ3v) is 2.79. The summed E-state index contributed by atoms with van der Waals surface area (Å²) in [5.74, 6) is -0.246. The van der Waals surface area contributed by atoms with Crippen LogP contribution in [0.3, 0.4) is 0 Å². The van der Waals surface area contributed by atoms with Crippen molar-refractivity contribution in [2.45, 2.75) is 25.3 Å². The number of nitrogens with one attached hydrogen (secondary N) is 1. The molecule has 1 atom stereocenters. The van der Waals surface area contributed by atoms with Crippen LogP contribution in [0.25, 0.3) is 0 Å². The fraction of sp³-hybridized carbons (Fsp3) is 0.900. The second kappa shape index (κ2) is 6.76. The number of carbonyl (C=O) groups is 1. The maximum absolute atomic E-state index is 11.2. The van der Waals surface area contributed by atoms with Gasteiger partial charge in [-0.15, -0.1) is 0 Å². The largest absolute Gasteiger partial charge is 0.396 e. The topological polar surface area (TPSA) is 78.6 Å². The third-order valence-electron chi connectivity index (χ3n) is 2.79. The Morgan fingerprint density at radius 1 is 1.47 bits per heavy atom. The molecule has 1 unspecified atom stereocenters. The molecule has 1 aliphatic rings. The molecule has 15 heavy (non-hydrogen) atoms. The lowest BCUT2D eigenvalue weighted by atomic mass is 10.1. The van der Waals surface area contributed by atoms with Crippen molar-refractivity contribution < 1.29 is 9.90 Å². The lowest BCUT2D eigenvalue weighted by Crippen LogP contribution is -2.56. The van der Waals surface area contributed by atoms with E-state index in [-0.39, 0.29) is 18.6 Å². The van der Waals surface area contributed by atoms with Gasteiger partial charge in [0, 0.05) is 26.2 Å². The minimum atomic E-state index is -0.246. The highest BCUT2D eigenvalue weighted by molar-refractivity contribution is 5.80. The van der Waals surface area contributed by atoms with Crippen molar-refractivity contribution >= 4 is 5.91 Å². The van der Waals surface area contributed by atoms with E-state index in [0.29, 0.717) is 6.54 Å². The van der Waals surface area contributed by atoms with Crippen LogP contribution in [0.4, 0.5) is 0 Å². The highest BCUT2D eigenvalue weighted by atomic mass is 16.2. The standard InChI is InChI=1S/C10H21N3O2/c11-10(15)9-8-12-4-6-13(9)5-2-1-3-7-14/h9,12,14H,1-8H2,(H2,11,15). The van der Waals surface area contributed by atoms with Crippen LogP contribution in [-0.2, 0) is 4.79 Å². The molecule has 1 aliphatic heterocycles. The van der Waals surface area contributed by atoms with Crippen molar-refractivity contribution in [3.05, 3.63) is 0 Å². The Bertz CT molecular complexity index is 199. The lowest BCUT2D eigenvalue weighted by molar-refractivity contribution is -0.123. The van der Waals surface area contributed by atoms with Crippen molar-refractivity contribution in [3.63, 3.8) is 0 Å². The van der Waals surface area contributed by atoms with Gasteiger partial charge in [-0.1, -0.05) is 0 Å². The van der Waals surface area contributed by atoms with E-state index in [4.69, 9.17) is 10.8 Å². The Morgan fingerprint density at radius 2 is 2.27 bits per heavy atom. The number of hydrogen-bond donors (Lipinski definition) is 3. The number of unbranched alkanes of at least 4 members (excludes halogenated alkanes) is 2. The third kappa shape index (κ3) is 4.15. The molecule has 1 rings (SSSR count). The lowest BCUT2D eigenvalue weighted by Gasteiger charge is -2.34. The average Bonchev–Trinajstić information content (AvgIpc) is 2.25. The fourth-order valence-electron chi connectivity index (χ4n) is 1.90. The zero-order chi connectivity index (χ0) is 11.1. The molecule has 0 aromatic carbocycles. The summed E-state index contributed by atoms with van der Waals surface area (Å²) in [5, 5.41) is 11.8. The quantitative estimate of drug-likeness (QED) is 0.492. The van der Waals surface area contributed by atoms with Crippen molar-refractivity contribution in [2.75, 3.05) is 32.8 Å². The molecule has 0 spiro atoms. The number of aliphatic hydroxyl groups is 1. The number of nitrogens with two attached hydrogens (primary N) is 1. The van der Waals surface area contributed by atoms with Crippen molar-refractivity contribution in [1.29, 1.82) is 0 Å². The number of nitrogens with zero attached hydrogens (tertiary/aromatic N) is 1. The first-order chi connectivity index (χ1) is 7.25. The summed E-state index contributed by atoms with van der Waals surface area (Å²) >= 11 is 0. The van der Waals surface area contributed by atoms with E-state index in [1.165, 1.54) is 0 Å². The Kier molecular flexibility index (Phi) is 5.60. The Hall–Kier alpha value is -0.650. The SMILES string of the molecule is NC(=O)C1CNCCN1CCCCCO. The number of rotatable bonds is 6. The predicted molar refractivity (Wildman–Crippen MR) is 58.4 cm³/mol. The van der Waals surface area contributed by atoms with Gasteiger partial charge in [0.15, 0.2) is 0 Å². The van der Waals surface area contributed by atoms with Crippen LogP contribution in [0.2, 0.25) is 0 Å². The van der Waals surface area contributed by atoms with E-state index in [1.807, 2.05) is 0 Å². The number of carbonyl (C=O) groups excluding carboxylic acids is 1. The Morgan fingerprint density at radius 3 is 2.93 bits per heavy atom. The molecule has 0 aromatic rings. The van der Waals surface area contributed by atoms with Crippen LogP contribution >= 0.6 is 0 Å². The van der Waals surface area contributed by atoms with Gasteiger partial charge in [0.05, 0.1) is 0 Å². The second-order valence-electron chi connectivity index (χ2n) is 3.94. The summed E-state index contributed by atoms with van der Waals surface area (Å²) in [5.41, 5.74) is 5.33. The maximum atomic E-state index is 11.2. The molecule has 0 aromatic heterocycles. The van der Waals surface area contributed by atoms with Crippen LogP contribution in [-0.4, -0.2) is 54.7 Å². The minimum Gasteiger partial charge on any atom is -0.396 e. The molecule has 0 radical (unpaired) electrons. The number of primary amides is 1. The highest BCUT2D eigenvalue weighted by Crippen LogP contribution is 2.05. The van der Waals surface area contributed by atoms with E-state index >= 15 is 0 Å². The first kappa shape index (κ1) is 12.4. The zero-order valence-corrected chi connectivity index (χ0v) is 9.11. The van der Waals surface area contributed by atoms with Gasteiger partial charge in [0.25, 0.3) is 0 Å². The maximum Gasteiger partial charge on any atom is 0.236 e. The average molecular weight is 215 g/mol. The van der Waals surface area contributed by atoms with E-state index in [9.17, 15) is 4.79 Å². The molecule has 4 N–H and O–H groups in total. The van der Waals surface area contributed by atoms with Gasteiger partial charge >= 0.3 is 0 Å². The van der Waals surface area contributed by atoms with Gasteiger partial charge in [-0.05, 0) is 25.8 Å². The van der Waals surface area contributed by atoms with Crippen LogP contribution < -0.4 is 11.1 Å². The van der Waals surface area contributed by atoms with Crippen LogP contribution in [0.1, 0.15) is 19.3 Å². The summed E-state index contributed by atoms with van der Waals surface area (Å²) < 4.78 is 0. The summed E-state index contributed by atoms with van der Waals surface area (Å²) in [4.78, 5) is 13.3. The van der Waals surface area contributed by atoms with Crippen LogP contribution in [0.15, 0.2) is 0 Å². The molecule has 1 heterocycles. The summed E-state index contributed by atoms with van der Waals surface area (Å²) in [6.45, 7) is 3.61. The van der Waals surface area contributed by atoms with Gasteiger partial charge < -0.3 is 16.2 Å². The number of piperazine rings is 1. The molecule has 1 fully saturated rings. The molecule has 0 bridgehead atoms. The number of aliphatic hydroxyl groups excluding tert-OH is 1. The van der Waals surface area contributed by atoms with E-state index in [1.54, 1.807) is 0 Å². The summed E-state index contributed by atoms with van der Waals surface area (Å²) in [7, 11) is 0. The van der Waals surface area contributed by atoms with Gasteiger partial charge in [-0.2, -0.15) is 0 Å². The molecular weight excluding hydrogens is 194 g/mol. The predicted octanol–water partition coefficient (Wildman–Crippen LogP) is -1.09.